The Bertz CT molecular complexity index is 1420. The Kier molecular flexibility index (Phi) is 6.68. The van der Waals surface area contributed by atoms with Crippen molar-refractivity contribution in [1.82, 2.24) is 20.0 Å². The van der Waals surface area contributed by atoms with Gasteiger partial charge in [-0.1, -0.05) is 25.1 Å². The number of urea groups is 2. The summed E-state index contributed by atoms with van der Waals surface area (Å²) in [5.41, 5.74) is 10.1. The second-order valence-electron chi connectivity index (χ2n) is 10.1. The van der Waals surface area contributed by atoms with Crippen LogP contribution < -0.4 is 11.1 Å². The highest BCUT2D eigenvalue weighted by Crippen LogP contribution is 2.34. The first kappa shape index (κ1) is 25.5. The number of para-hydroxylation sites is 1. The number of primary amides is 1. The van der Waals surface area contributed by atoms with Crippen LogP contribution in [0.25, 0.3) is 10.9 Å². The van der Waals surface area contributed by atoms with Crippen molar-refractivity contribution >= 4 is 34.6 Å². The summed E-state index contributed by atoms with van der Waals surface area (Å²) in [6, 6.07) is 6.34. The Morgan fingerprint density at radius 3 is 2.82 bits per heavy atom. The van der Waals surface area contributed by atoms with E-state index in [2.05, 4.69) is 15.5 Å². The van der Waals surface area contributed by atoms with Crippen LogP contribution in [0.4, 0.5) is 19.7 Å². The van der Waals surface area contributed by atoms with Crippen LogP contribution in [-0.4, -0.2) is 61.8 Å². The lowest BCUT2D eigenvalue weighted by Gasteiger charge is -2.45. The maximum Gasteiger partial charge on any atom is 0.322 e. The number of nitrogens with one attached hydrogen (secondary N) is 2. The van der Waals surface area contributed by atoms with Gasteiger partial charge in [-0.15, -0.1) is 0 Å². The van der Waals surface area contributed by atoms with E-state index in [0.29, 0.717) is 12.0 Å². The number of amides is 4. The Balaban J connectivity index is 1.45. The number of likely N-dealkylation sites (tertiary alicyclic amines) is 1. The van der Waals surface area contributed by atoms with E-state index >= 15 is 0 Å². The maximum absolute atomic E-state index is 14.2. The number of H-pyrrole nitrogens is 1. The number of aliphatic carboxylic acids is 1. The third-order valence-electron chi connectivity index (χ3n) is 7.88. The van der Waals surface area contributed by atoms with Gasteiger partial charge in [-0.05, 0) is 61.4 Å². The summed E-state index contributed by atoms with van der Waals surface area (Å²) in [6.45, 7) is 4.35. The van der Waals surface area contributed by atoms with Gasteiger partial charge in [-0.3, -0.25) is 9.89 Å². The number of carboxylic acids is 1. The summed E-state index contributed by atoms with van der Waals surface area (Å²) in [6.07, 6.45) is 1.59. The van der Waals surface area contributed by atoms with Crippen LogP contribution in [0.3, 0.4) is 0 Å². The topological polar surface area (TPSA) is 145 Å². The number of carbonyl (C=O) groups excluding carboxylic acids is 2. The monoisotopic (exact) mass is 522 g/mol. The molecular formula is C27H31FN6O4. The number of carboxylic acid groups (broad SMARTS) is 1. The fourth-order valence-corrected chi connectivity index (χ4v) is 5.89. The molecule has 5 N–H and O–H groups in total. The molecule has 3 unspecified atom stereocenters. The van der Waals surface area contributed by atoms with Gasteiger partial charge in [0.25, 0.3) is 0 Å². The Morgan fingerprint density at radius 2 is 2.11 bits per heavy atom. The minimum atomic E-state index is -1.04. The molecular weight excluding hydrogens is 491 g/mol. The number of carbonyl (C=O) groups is 3. The summed E-state index contributed by atoms with van der Waals surface area (Å²) in [7, 11) is 0. The number of aromatic amines is 1. The first-order valence-electron chi connectivity index (χ1n) is 12.8. The standard InChI is InChI=1S/C27H31FN6O4/c1-3-16-9-15(10-19-14(2)31-32-23(16)19)11-20(25(35)36)22-12-18(7-8-33(22)26(29)37)34-13-17-5-4-6-21(28)24(17)30-27(34)38/h4-6,9-10,18,20,22H,3,7-8,11-13H2,1-2H3,(H2,29,37)(H,30,38)(H,31,32)(H,35,36). The number of halogens is 1. The van der Waals surface area contributed by atoms with Gasteiger partial charge in [0.2, 0.25) is 0 Å². The zero-order chi connectivity index (χ0) is 27.1. The van der Waals surface area contributed by atoms with Crippen molar-refractivity contribution < 1.29 is 23.9 Å². The number of hydrogen-bond donors (Lipinski definition) is 4. The lowest BCUT2D eigenvalue weighted by molar-refractivity contribution is -0.144. The zero-order valence-corrected chi connectivity index (χ0v) is 21.3. The van der Waals surface area contributed by atoms with E-state index < -0.39 is 35.8 Å². The lowest BCUT2D eigenvalue weighted by Crippen LogP contribution is -2.58. The largest absolute Gasteiger partial charge is 0.481 e. The predicted molar refractivity (Wildman–Crippen MR) is 139 cm³/mol. The first-order valence-corrected chi connectivity index (χ1v) is 12.8. The molecule has 0 saturated carbocycles. The molecule has 200 valence electrons. The molecule has 11 heteroatoms. The molecule has 1 aromatic heterocycles. The average molecular weight is 523 g/mol. The van der Waals surface area contributed by atoms with E-state index in [-0.39, 0.29) is 37.7 Å². The van der Waals surface area contributed by atoms with Crippen LogP contribution in [0.5, 0.6) is 0 Å². The number of rotatable bonds is 6. The number of benzene rings is 2. The molecule has 0 bridgehead atoms. The Morgan fingerprint density at radius 1 is 1.32 bits per heavy atom. The van der Waals surface area contributed by atoms with E-state index in [1.165, 1.54) is 11.0 Å². The Hall–Kier alpha value is -4.15. The number of aryl methyl sites for hydroxylation is 2. The molecule has 3 heterocycles. The molecule has 2 aliphatic rings. The molecule has 3 atom stereocenters. The predicted octanol–water partition coefficient (Wildman–Crippen LogP) is 3.78. The van der Waals surface area contributed by atoms with E-state index in [4.69, 9.17) is 5.73 Å². The van der Waals surface area contributed by atoms with Gasteiger partial charge in [0.15, 0.2) is 0 Å². The van der Waals surface area contributed by atoms with E-state index in [0.717, 1.165) is 34.1 Å². The highest BCUT2D eigenvalue weighted by atomic mass is 19.1. The van der Waals surface area contributed by atoms with E-state index in [1.54, 1.807) is 17.0 Å². The number of nitrogens with two attached hydrogens (primary N) is 1. The summed E-state index contributed by atoms with van der Waals surface area (Å²) in [5, 5.41) is 21.3. The lowest BCUT2D eigenvalue weighted by atomic mass is 9.83. The van der Waals surface area contributed by atoms with Crippen LogP contribution in [0.2, 0.25) is 0 Å². The van der Waals surface area contributed by atoms with Gasteiger partial charge in [0.05, 0.1) is 17.1 Å². The van der Waals surface area contributed by atoms with Crippen LogP contribution in [-0.2, 0) is 24.2 Å². The van der Waals surface area contributed by atoms with Crippen molar-refractivity contribution in [2.24, 2.45) is 11.7 Å². The molecule has 5 rings (SSSR count). The molecule has 3 aromatic rings. The molecule has 4 amide bonds. The number of nitrogens with zero attached hydrogens (tertiary/aromatic N) is 3. The number of fused-ring (bicyclic) bond motifs is 2. The van der Waals surface area contributed by atoms with Crippen molar-refractivity contribution in [3.63, 3.8) is 0 Å². The molecule has 10 nitrogen and oxygen atoms in total. The number of hydrogen-bond acceptors (Lipinski definition) is 4. The summed E-state index contributed by atoms with van der Waals surface area (Å²) >= 11 is 0. The van der Waals surface area contributed by atoms with Crippen molar-refractivity contribution in [1.29, 1.82) is 0 Å². The van der Waals surface area contributed by atoms with Gasteiger partial charge in [0.1, 0.15) is 5.82 Å². The van der Waals surface area contributed by atoms with Crippen molar-refractivity contribution in [3.8, 4) is 0 Å². The summed E-state index contributed by atoms with van der Waals surface area (Å²) in [4.78, 5) is 41.0. The summed E-state index contributed by atoms with van der Waals surface area (Å²) < 4.78 is 14.2. The third-order valence-corrected chi connectivity index (χ3v) is 7.88. The van der Waals surface area contributed by atoms with Gasteiger partial charge in [-0.2, -0.15) is 5.10 Å². The molecule has 0 radical (unpaired) electrons. The van der Waals surface area contributed by atoms with E-state index in [9.17, 15) is 23.9 Å². The zero-order valence-electron chi connectivity index (χ0n) is 21.3. The summed E-state index contributed by atoms with van der Waals surface area (Å²) in [5.74, 6) is -2.49. The average Bonchev–Trinajstić information content (AvgIpc) is 3.27. The van der Waals surface area contributed by atoms with Crippen LogP contribution in [0, 0.1) is 18.7 Å². The van der Waals surface area contributed by atoms with Crippen LogP contribution in [0.15, 0.2) is 30.3 Å². The highest BCUT2D eigenvalue weighted by molar-refractivity contribution is 5.92. The van der Waals surface area contributed by atoms with Gasteiger partial charge in [-0.25, -0.2) is 14.0 Å². The SMILES string of the molecule is CCc1cc(CC(C(=O)O)C2CC(N3Cc4cccc(F)c4NC3=O)CCN2C(N)=O)cc2c(C)[nH]nc12. The minimum absolute atomic E-state index is 0.167. The smallest absolute Gasteiger partial charge is 0.322 e. The van der Waals surface area contributed by atoms with Crippen LogP contribution in [0.1, 0.15) is 42.1 Å². The second kappa shape index (κ2) is 9.96. The third kappa shape index (κ3) is 4.52. The van der Waals surface area contributed by atoms with Crippen LogP contribution >= 0.6 is 0 Å². The molecule has 2 aliphatic heterocycles. The van der Waals surface area contributed by atoms with E-state index in [1.807, 2.05) is 26.0 Å². The van der Waals surface area contributed by atoms with Crippen molar-refractivity contribution in [3.05, 3.63) is 58.5 Å². The van der Waals surface area contributed by atoms with Gasteiger partial charge < -0.3 is 26.0 Å². The minimum Gasteiger partial charge on any atom is -0.481 e. The Labute approximate surface area is 219 Å². The maximum atomic E-state index is 14.2. The van der Waals surface area contributed by atoms with Gasteiger partial charge >= 0.3 is 18.0 Å². The number of aromatic nitrogens is 2. The van der Waals surface area contributed by atoms with Crippen molar-refractivity contribution in [2.75, 3.05) is 11.9 Å². The fourth-order valence-electron chi connectivity index (χ4n) is 5.89. The quantitative estimate of drug-likeness (QED) is 0.389. The number of anilines is 1. The normalized spacial score (nSPS) is 20.2. The highest BCUT2D eigenvalue weighted by Gasteiger charge is 2.43. The molecule has 38 heavy (non-hydrogen) atoms. The van der Waals surface area contributed by atoms with Crippen molar-refractivity contribution in [2.45, 2.75) is 58.2 Å². The fraction of sp³-hybridized carbons (Fsp3) is 0.407. The second-order valence-corrected chi connectivity index (χ2v) is 10.1. The molecule has 2 aromatic carbocycles. The molecule has 0 spiro atoms. The first-order chi connectivity index (χ1) is 18.2. The number of piperidine rings is 1. The molecule has 1 fully saturated rings. The van der Waals surface area contributed by atoms with Gasteiger partial charge in [0, 0.05) is 36.3 Å². The molecule has 1 saturated heterocycles. The molecule has 0 aliphatic carbocycles.